The first-order valence-electron chi connectivity index (χ1n) is 4.23. The fraction of sp³-hybridized carbons (Fsp3) is 0.222. The number of halogens is 1. The molecule has 0 spiro atoms. The highest BCUT2D eigenvalue weighted by molar-refractivity contribution is 5.85. The third-order valence-corrected chi connectivity index (χ3v) is 1.95. The molecule has 16 heavy (non-hydrogen) atoms. The Morgan fingerprint density at radius 2 is 2.06 bits per heavy atom. The number of aliphatic carboxylic acids is 1. The monoisotopic (exact) mass is 246 g/mol. The number of nitrogens with two attached hydrogens (primary N) is 1. The third-order valence-electron chi connectivity index (χ3n) is 1.95. The summed E-state index contributed by atoms with van der Waals surface area (Å²) < 4.78 is 0. The lowest BCUT2D eigenvalue weighted by atomic mass is 10.1. The van der Waals surface area contributed by atoms with Crippen LogP contribution in [0.1, 0.15) is 5.56 Å². The maximum Gasteiger partial charge on any atom is 0.320 e. The summed E-state index contributed by atoms with van der Waals surface area (Å²) in [4.78, 5) is 20.5. The Kier molecular flexibility index (Phi) is 5.41. The summed E-state index contributed by atoms with van der Waals surface area (Å²) in [5.74, 6) is -1.17. The lowest BCUT2D eigenvalue weighted by molar-refractivity contribution is -0.385. The molecule has 0 fully saturated rings. The zero-order chi connectivity index (χ0) is 11.4. The van der Waals surface area contributed by atoms with Gasteiger partial charge in [-0.2, -0.15) is 0 Å². The van der Waals surface area contributed by atoms with E-state index in [1.807, 2.05) is 0 Å². The number of carboxylic acid groups (broad SMARTS) is 1. The predicted molar refractivity (Wildman–Crippen MR) is 59.7 cm³/mol. The molecule has 88 valence electrons. The Morgan fingerprint density at radius 1 is 1.50 bits per heavy atom. The van der Waals surface area contributed by atoms with Crippen LogP contribution in [0.2, 0.25) is 0 Å². The molecule has 0 saturated heterocycles. The number of nitro groups is 1. The number of carbonyl (C=O) groups is 1. The molecule has 0 heterocycles. The van der Waals surface area contributed by atoms with Crippen LogP contribution in [0.25, 0.3) is 0 Å². The van der Waals surface area contributed by atoms with E-state index < -0.39 is 16.9 Å². The quantitative estimate of drug-likeness (QED) is 0.608. The highest BCUT2D eigenvalue weighted by Crippen LogP contribution is 2.18. The highest BCUT2D eigenvalue weighted by atomic mass is 35.5. The molecule has 1 aromatic rings. The van der Waals surface area contributed by atoms with Crippen molar-refractivity contribution in [2.75, 3.05) is 0 Å². The Morgan fingerprint density at radius 3 is 2.56 bits per heavy atom. The van der Waals surface area contributed by atoms with Crippen LogP contribution in [0, 0.1) is 10.1 Å². The molecule has 1 unspecified atom stereocenters. The zero-order valence-electron chi connectivity index (χ0n) is 8.20. The lowest BCUT2D eigenvalue weighted by Gasteiger charge is -2.06. The maximum atomic E-state index is 10.6. The summed E-state index contributed by atoms with van der Waals surface area (Å²) >= 11 is 0. The minimum absolute atomic E-state index is 0. The van der Waals surface area contributed by atoms with E-state index in [0.717, 1.165) is 0 Å². The van der Waals surface area contributed by atoms with Gasteiger partial charge in [0.15, 0.2) is 0 Å². The largest absolute Gasteiger partial charge is 0.480 e. The van der Waals surface area contributed by atoms with Gasteiger partial charge in [0.2, 0.25) is 0 Å². The van der Waals surface area contributed by atoms with Crippen LogP contribution in [0.3, 0.4) is 0 Å². The van der Waals surface area contributed by atoms with Crippen molar-refractivity contribution in [2.45, 2.75) is 12.5 Å². The number of nitrogens with zero attached hydrogens (tertiary/aromatic N) is 1. The molecule has 0 radical (unpaired) electrons. The molecule has 3 N–H and O–H groups in total. The average Bonchev–Trinajstić information content (AvgIpc) is 2.18. The lowest BCUT2D eigenvalue weighted by Crippen LogP contribution is -2.32. The smallest absolute Gasteiger partial charge is 0.320 e. The number of hydrogen-bond acceptors (Lipinski definition) is 4. The maximum absolute atomic E-state index is 10.6. The van der Waals surface area contributed by atoms with E-state index in [9.17, 15) is 14.9 Å². The van der Waals surface area contributed by atoms with Gasteiger partial charge >= 0.3 is 5.97 Å². The van der Waals surface area contributed by atoms with E-state index >= 15 is 0 Å². The van der Waals surface area contributed by atoms with Crippen molar-refractivity contribution in [2.24, 2.45) is 5.73 Å². The molecule has 1 atom stereocenters. The Balaban J connectivity index is 0.00000225. The van der Waals surface area contributed by atoms with E-state index in [0.29, 0.717) is 5.56 Å². The zero-order valence-corrected chi connectivity index (χ0v) is 9.02. The van der Waals surface area contributed by atoms with Crippen molar-refractivity contribution in [3.8, 4) is 0 Å². The number of para-hydroxylation sites is 1. The van der Waals surface area contributed by atoms with Crippen LogP contribution in [-0.4, -0.2) is 22.0 Å². The van der Waals surface area contributed by atoms with Crippen molar-refractivity contribution in [3.05, 3.63) is 39.9 Å². The van der Waals surface area contributed by atoms with Gasteiger partial charge in [-0.15, -0.1) is 12.4 Å². The molecule has 0 bridgehead atoms. The molecule has 0 aliphatic rings. The van der Waals surface area contributed by atoms with Crippen LogP contribution in [0.5, 0.6) is 0 Å². The Labute approximate surface area is 97.6 Å². The van der Waals surface area contributed by atoms with Crippen molar-refractivity contribution in [1.82, 2.24) is 0 Å². The second kappa shape index (κ2) is 6.04. The summed E-state index contributed by atoms with van der Waals surface area (Å²) in [5, 5.41) is 19.2. The van der Waals surface area contributed by atoms with E-state index in [1.54, 1.807) is 6.07 Å². The fourth-order valence-electron chi connectivity index (χ4n) is 1.19. The molecule has 0 amide bonds. The molecule has 0 aromatic heterocycles. The average molecular weight is 247 g/mol. The summed E-state index contributed by atoms with van der Waals surface area (Å²) in [7, 11) is 0. The molecular weight excluding hydrogens is 236 g/mol. The summed E-state index contributed by atoms with van der Waals surface area (Å²) in [5.41, 5.74) is 5.52. The van der Waals surface area contributed by atoms with Gasteiger partial charge in [0.25, 0.3) is 5.69 Å². The molecule has 1 rings (SSSR count). The predicted octanol–water partition coefficient (Wildman–Crippen LogP) is 0.971. The van der Waals surface area contributed by atoms with Crippen molar-refractivity contribution < 1.29 is 14.8 Å². The molecule has 7 heteroatoms. The molecule has 6 nitrogen and oxygen atoms in total. The number of carboxylic acids is 1. The van der Waals surface area contributed by atoms with Crippen LogP contribution in [0.15, 0.2) is 24.3 Å². The van der Waals surface area contributed by atoms with Gasteiger partial charge in [-0.1, -0.05) is 18.2 Å². The molecule has 0 aliphatic heterocycles. The Hall–Kier alpha value is -1.66. The van der Waals surface area contributed by atoms with Crippen molar-refractivity contribution >= 4 is 24.1 Å². The molecule has 0 saturated carbocycles. The third kappa shape index (κ3) is 3.48. The summed E-state index contributed by atoms with van der Waals surface area (Å²) in [6.45, 7) is 0. The van der Waals surface area contributed by atoms with Crippen LogP contribution in [0.4, 0.5) is 5.69 Å². The first kappa shape index (κ1) is 14.3. The number of nitro benzene ring substituents is 1. The van der Waals surface area contributed by atoms with Crippen LogP contribution < -0.4 is 5.73 Å². The second-order valence-corrected chi connectivity index (χ2v) is 3.03. The molecule has 0 aliphatic carbocycles. The molecular formula is C9H11ClN2O4. The van der Waals surface area contributed by atoms with Gasteiger partial charge in [-0.05, 0) is 0 Å². The van der Waals surface area contributed by atoms with E-state index in [1.165, 1.54) is 18.2 Å². The SMILES string of the molecule is Cl.NC(Cc1ccccc1[N+](=O)[O-])C(=O)O. The minimum atomic E-state index is -1.17. The van der Waals surface area contributed by atoms with E-state index in [-0.39, 0.29) is 24.5 Å². The van der Waals surface area contributed by atoms with E-state index in [4.69, 9.17) is 10.8 Å². The first-order chi connectivity index (χ1) is 7.02. The number of hydrogen-bond donors (Lipinski definition) is 2. The van der Waals surface area contributed by atoms with Gasteiger partial charge in [0.05, 0.1) is 4.92 Å². The summed E-state index contributed by atoms with van der Waals surface area (Å²) in [6, 6.07) is 4.83. The van der Waals surface area contributed by atoms with Crippen molar-refractivity contribution in [1.29, 1.82) is 0 Å². The first-order valence-corrected chi connectivity index (χ1v) is 4.23. The van der Waals surface area contributed by atoms with Gasteiger partial charge in [0.1, 0.15) is 6.04 Å². The number of benzene rings is 1. The normalized spacial score (nSPS) is 11.3. The number of rotatable bonds is 4. The van der Waals surface area contributed by atoms with Crippen LogP contribution >= 0.6 is 12.4 Å². The van der Waals surface area contributed by atoms with Gasteiger partial charge in [-0.25, -0.2) is 0 Å². The van der Waals surface area contributed by atoms with Gasteiger partial charge in [0, 0.05) is 18.1 Å². The fourth-order valence-corrected chi connectivity index (χ4v) is 1.19. The van der Waals surface area contributed by atoms with Crippen molar-refractivity contribution in [3.63, 3.8) is 0 Å². The standard InChI is InChI=1S/C9H10N2O4.ClH/c10-7(9(12)13)5-6-3-1-2-4-8(6)11(14)15;/h1-4,7H,5,10H2,(H,12,13);1H. The second-order valence-electron chi connectivity index (χ2n) is 3.03. The minimum Gasteiger partial charge on any atom is -0.480 e. The van der Waals surface area contributed by atoms with Gasteiger partial charge < -0.3 is 10.8 Å². The van der Waals surface area contributed by atoms with Gasteiger partial charge in [-0.3, -0.25) is 14.9 Å². The summed E-state index contributed by atoms with van der Waals surface area (Å²) in [6.07, 6.45) is -0.0491. The van der Waals surface area contributed by atoms with Crippen LogP contribution in [-0.2, 0) is 11.2 Å². The highest BCUT2D eigenvalue weighted by Gasteiger charge is 2.18. The molecule has 1 aromatic carbocycles. The Bertz CT molecular complexity index is 397. The van der Waals surface area contributed by atoms with E-state index in [2.05, 4.69) is 0 Å². The topological polar surface area (TPSA) is 106 Å².